The number of likely N-dealkylation sites (N-methyl/N-ethyl adjacent to an activating group) is 1. The second-order valence-corrected chi connectivity index (χ2v) is 9.03. The molecule has 3 aromatic carbocycles. The largest absolute Gasteiger partial charge is 0.490 e. The molecule has 0 saturated carbocycles. The lowest BCUT2D eigenvalue weighted by molar-refractivity contribution is -0.121. The number of amides is 1. The Morgan fingerprint density at radius 2 is 1.91 bits per heavy atom. The van der Waals surface area contributed by atoms with Gasteiger partial charge in [0.25, 0.3) is 5.91 Å². The van der Waals surface area contributed by atoms with Crippen molar-refractivity contribution in [3.05, 3.63) is 75.1 Å². The summed E-state index contributed by atoms with van der Waals surface area (Å²) in [6.07, 6.45) is 1.85. The number of hydrogen-bond acceptors (Lipinski definition) is 5. The SMILES string of the molecule is CCOc1cc(/C=C2/SC(=NC)N(C)C2=O)cc(Br)c1OCc1cccc2ccccc12. The smallest absolute Gasteiger partial charge is 0.266 e. The van der Waals surface area contributed by atoms with E-state index < -0.39 is 0 Å². The van der Waals surface area contributed by atoms with Crippen LogP contribution in [-0.4, -0.2) is 36.7 Å². The second kappa shape index (κ2) is 9.79. The molecular weight excluding hydrogens is 488 g/mol. The first-order chi connectivity index (χ1) is 15.5. The van der Waals surface area contributed by atoms with Gasteiger partial charge in [0, 0.05) is 14.1 Å². The lowest BCUT2D eigenvalue weighted by atomic mass is 10.1. The standard InChI is InChI=1S/C25H23BrN2O3S/c1-4-30-21-13-16(14-22-24(29)28(3)25(27-2)32-22)12-20(26)23(21)31-15-18-10-7-9-17-8-5-6-11-19(17)18/h5-14H,4,15H2,1-3H3/b22-14+,27-25?. The van der Waals surface area contributed by atoms with Gasteiger partial charge in [0.2, 0.25) is 0 Å². The van der Waals surface area contributed by atoms with Gasteiger partial charge in [-0.25, -0.2) is 0 Å². The van der Waals surface area contributed by atoms with E-state index in [4.69, 9.17) is 9.47 Å². The molecule has 3 aromatic rings. The number of rotatable bonds is 6. The molecule has 0 radical (unpaired) electrons. The molecule has 0 bridgehead atoms. The van der Waals surface area contributed by atoms with Gasteiger partial charge in [0.1, 0.15) is 6.61 Å². The Hall–Kier alpha value is -2.77. The van der Waals surface area contributed by atoms with Crippen molar-refractivity contribution < 1.29 is 14.3 Å². The highest BCUT2D eigenvalue weighted by Gasteiger charge is 2.29. The van der Waals surface area contributed by atoms with E-state index in [0.29, 0.717) is 34.8 Å². The van der Waals surface area contributed by atoms with E-state index in [9.17, 15) is 4.79 Å². The minimum absolute atomic E-state index is 0.0686. The summed E-state index contributed by atoms with van der Waals surface area (Å²) in [6, 6.07) is 18.3. The van der Waals surface area contributed by atoms with Gasteiger partial charge in [0.15, 0.2) is 16.7 Å². The third-order valence-corrected chi connectivity index (χ3v) is 6.82. The van der Waals surface area contributed by atoms with Crippen LogP contribution in [0.4, 0.5) is 0 Å². The number of nitrogens with zero attached hydrogens (tertiary/aromatic N) is 2. The Labute approximate surface area is 200 Å². The molecule has 1 saturated heterocycles. The number of hydrogen-bond donors (Lipinski definition) is 0. The molecule has 4 rings (SSSR count). The van der Waals surface area contributed by atoms with Gasteiger partial charge in [-0.15, -0.1) is 0 Å². The predicted octanol–water partition coefficient (Wildman–Crippen LogP) is 6.11. The fourth-order valence-corrected chi connectivity index (χ4v) is 5.04. The number of aliphatic imine (C=N–C) groups is 1. The zero-order valence-electron chi connectivity index (χ0n) is 18.1. The number of halogens is 1. The second-order valence-electron chi connectivity index (χ2n) is 7.17. The van der Waals surface area contributed by atoms with Crippen molar-refractivity contribution in [1.29, 1.82) is 0 Å². The Balaban J connectivity index is 1.63. The van der Waals surface area contributed by atoms with Gasteiger partial charge in [-0.2, -0.15) is 0 Å². The average molecular weight is 511 g/mol. The number of fused-ring (bicyclic) bond motifs is 1. The summed E-state index contributed by atoms with van der Waals surface area (Å²) in [6.45, 7) is 2.85. The van der Waals surface area contributed by atoms with E-state index in [-0.39, 0.29) is 5.91 Å². The maximum Gasteiger partial charge on any atom is 0.266 e. The molecule has 0 N–H and O–H groups in total. The van der Waals surface area contributed by atoms with E-state index in [2.05, 4.69) is 45.2 Å². The van der Waals surface area contributed by atoms with Crippen LogP contribution < -0.4 is 9.47 Å². The number of thioether (sulfide) groups is 1. The molecular formula is C25H23BrN2O3S. The quantitative estimate of drug-likeness (QED) is 0.375. The molecule has 7 heteroatoms. The molecule has 32 heavy (non-hydrogen) atoms. The highest BCUT2D eigenvalue weighted by atomic mass is 79.9. The highest BCUT2D eigenvalue weighted by Crippen LogP contribution is 2.39. The van der Waals surface area contributed by atoms with E-state index in [1.165, 1.54) is 22.5 Å². The normalized spacial score (nSPS) is 16.4. The molecule has 5 nitrogen and oxygen atoms in total. The number of benzene rings is 3. The zero-order chi connectivity index (χ0) is 22.7. The topological polar surface area (TPSA) is 51.1 Å². The van der Waals surface area contributed by atoms with E-state index in [0.717, 1.165) is 15.6 Å². The van der Waals surface area contributed by atoms with Crippen molar-refractivity contribution in [2.45, 2.75) is 13.5 Å². The van der Waals surface area contributed by atoms with Crippen LogP contribution in [0.25, 0.3) is 16.8 Å². The van der Waals surface area contributed by atoms with Gasteiger partial charge in [-0.05, 0) is 74.7 Å². The van der Waals surface area contributed by atoms with E-state index >= 15 is 0 Å². The summed E-state index contributed by atoms with van der Waals surface area (Å²) < 4.78 is 12.9. The molecule has 0 atom stereocenters. The van der Waals surface area contributed by atoms with Crippen molar-refractivity contribution in [3.63, 3.8) is 0 Å². The van der Waals surface area contributed by atoms with Crippen LogP contribution in [0.2, 0.25) is 0 Å². The summed E-state index contributed by atoms with van der Waals surface area (Å²) in [5, 5.41) is 3.03. The number of carbonyl (C=O) groups is 1. The van der Waals surface area contributed by atoms with Crippen LogP contribution in [0.15, 0.2) is 69.0 Å². The van der Waals surface area contributed by atoms with Crippen LogP contribution in [0.1, 0.15) is 18.1 Å². The fraction of sp³-hybridized carbons (Fsp3) is 0.200. The Bertz CT molecular complexity index is 1230. The van der Waals surface area contributed by atoms with Crippen molar-refractivity contribution in [2.24, 2.45) is 4.99 Å². The molecule has 1 aliphatic rings. The number of carbonyl (C=O) groups excluding carboxylic acids is 1. The van der Waals surface area contributed by atoms with Crippen LogP contribution in [0, 0.1) is 0 Å². The van der Waals surface area contributed by atoms with Crippen LogP contribution in [0.3, 0.4) is 0 Å². The fourth-order valence-electron chi connectivity index (χ4n) is 3.54. The maximum atomic E-state index is 12.5. The molecule has 0 unspecified atom stereocenters. The zero-order valence-corrected chi connectivity index (χ0v) is 20.5. The first-order valence-corrected chi connectivity index (χ1v) is 11.8. The third-order valence-electron chi connectivity index (χ3n) is 5.08. The van der Waals surface area contributed by atoms with Gasteiger partial charge in [0.05, 0.1) is 16.0 Å². The Morgan fingerprint density at radius 1 is 1.12 bits per heavy atom. The molecule has 0 aliphatic carbocycles. The van der Waals surface area contributed by atoms with Crippen molar-refractivity contribution in [1.82, 2.24) is 4.90 Å². The lowest BCUT2D eigenvalue weighted by Gasteiger charge is -2.16. The molecule has 1 aliphatic heterocycles. The summed E-state index contributed by atoms with van der Waals surface area (Å²) in [5.41, 5.74) is 1.95. The monoisotopic (exact) mass is 510 g/mol. The van der Waals surface area contributed by atoms with Crippen molar-refractivity contribution in [3.8, 4) is 11.5 Å². The van der Waals surface area contributed by atoms with Crippen molar-refractivity contribution >= 4 is 55.6 Å². The van der Waals surface area contributed by atoms with Gasteiger partial charge >= 0.3 is 0 Å². The van der Waals surface area contributed by atoms with Gasteiger partial charge in [-0.3, -0.25) is 14.7 Å². The highest BCUT2D eigenvalue weighted by molar-refractivity contribution is 9.10. The summed E-state index contributed by atoms with van der Waals surface area (Å²) >= 11 is 4.99. The first-order valence-electron chi connectivity index (χ1n) is 10.2. The van der Waals surface area contributed by atoms with Crippen LogP contribution in [0.5, 0.6) is 11.5 Å². The number of amidine groups is 1. The lowest BCUT2D eigenvalue weighted by Crippen LogP contribution is -2.23. The molecule has 164 valence electrons. The predicted molar refractivity (Wildman–Crippen MR) is 135 cm³/mol. The minimum atomic E-state index is -0.0686. The Morgan fingerprint density at radius 3 is 2.66 bits per heavy atom. The maximum absolute atomic E-state index is 12.5. The molecule has 1 amide bonds. The summed E-state index contributed by atoms with van der Waals surface area (Å²) in [4.78, 5) is 18.8. The summed E-state index contributed by atoms with van der Waals surface area (Å²) in [7, 11) is 3.41. The van der Waals surface area contributed by atoms with Crippen molar-refractivity contribution in [2.75, 3.05) is 20.7 Å². The molecule has 0 aromatic heterocycles. The average Bonchev–Trinajstić information content (AvgIpc) is 3.06. The molecule has 0 spiro atoms. The van der Waals surface area contributed by atoms with Crippen LogP contribution in [-0.2, 0) is 11.4 Å². The Kier molecular flexibility index (Phi) is 6.86. The first kappa shape index (κ1) is 22.4. The van der Waals surface area contributed by atoms with Gasteiger partial charge in [-0.1, -0.05) is 42.5 Å². The van der Waals surface area contributed by atoms with E-state index in [1.807, 2.05) is 43.3 Å². The third kappa shape index (κ3) is 4.54. The molecule has 1 fully saturated rings. The van der Waals surface area contributed by atoms with Gasteiger partial charge < -0.3 is 9.47 Å². The number of ether oxygens (including phenoxy) is 2. The molecule has 1 heterocycles. The van der Waals surface area contributed by atoms with Crippen LogP contribution >= 0.6 is 27.7 Å². The minimum Gasteiger partial charge on any atom is -0.490 e. The van der Waals surface area contributed by atoms with E-state index in [1.54, 1.807) is 19.0 Å². The summed E-state index contributed by atoms with van der Waals surface area (Å²) in [5.74, 6) is 1.20.